The Morgan fingerprint density at radius 1 is 1.36 bits per heavy atom. The van der Waals surface area contributed by atoms with Crippen molar-refractivity contribution < 1.29 is 17.6 Å². The number of aryl methyl sites for hydroxylation is 1. The molecule has 1 aliphatic carbocycles. The van der Waals surface area contributed by atoms with Crippen molar-refractivity contribution in [3.8, 4) is 0 Å². The summed E-state index contributed by atoms with van der Waals surface area (Å²) in [5.74, 6) is -0.525. The number of hydrogen-bond donors (Lipinski definition) is 2. The van der Waals surface area contributed by atoms with Gasteiger partial charge in [0.2, 0.25) is 0 Å². The number of hydrogen-bond acceptors (Lipinski definition) is 4. The number of carbonyl (C=O) groups excluding carboxylic acids is 1. The Morgan fingerprint density at radius 3 is 2.88 bits per heavy atom. The standard InChI is InChI=1S/C17H19FN2O3S2/c1-2-11-6-7-15-12(8-11)9-16(24-15)17(21)19-20-25(22,23)14-5-3-4-13(18)10-14/h3-5,9-11,20H,2,6-8H2,1H3,(H,19,21)/t11-/m0/s1. The summed E-state index contributed by atoms with van der Waals surface area (Å²) in [6.07, 6.45) is 4.16. The number of hydrazine groups is 1. The first-order valence-electron chi connectivity index (χ1n) is 8.08. The molecule has 1 heterocycles. The van der Waals surface area contributed by atoms with E-state index >= 15 is 0 Å². The third-order valence-electron chi connectivity index (χ3n) is 4.39. The summed E-state index contributed by atoms with van der Waals surface area (Å²) in [5.41, 5.74) is 3.38. The highest BCUT2D eigenvalue weighted by Crippen LogP contribution is 2.33. The minimum Gasteiger partial charge on any atom is -0.273 e. The van der Waals surface area contributed by atoms with Crippen LogP contribution < -0.4 is 10.3 Å². The van der Waals surface area contributed by atoms with Gasteiger partial charge in [-0.15, -0.1) is 16.2 Å². The first-order chi connectivity index (χ1) is 11.9. The van der Waals surface area contributed by atoms with Crippen LogP contribution in [0.1, 0.15) is 39.9 Å². The van der Waals surface area contributed by atoms with Crippen LogP contribution in [-0.2, 0) is 22.9 Å². The fourth-order valence-electron chi connectivity index (χ4n) is 2.93. The van der Waals surface area contributed by atoms with E-state index in [-0.39, 0.29) is 4.90 Å². The van der Waals surface area contributed by atoms with Crippen molar-refractivity contribution in [3.05, 3.63) is 51.5 Å². The second kappa shape index (κ2) is 7.23. The Hall–Kier alpha value is -1.77. The van der Waals surface area contributed by atoms with Crippen LogP contribution in [-0.4, -0.2) is 14.3 Å². The van der Waals surface area contributed by atoms with E-state index in [1.807, 2.05) is 10.9 Å². The van der Waals surface area contributed by atoms with Gasteiger partial charge < -0.3 is 0 Å². The molecule has 8 heteroatoms. The molecule has 0 aliphatic heterocycles. The van der Waals surface area contributed by atoms with Crippen LogP contribution >= 0.6 is 11.3 Å². The minimum atomic E-state index is -4.02. The Morgan fingerprint density at radius 2 is 2.16 bits per heavy atom. The maximum absolute atomic E-state index is 13.2. The Bertz CT molecular complexity index is 893. The van der Waals surface area contributed by atoms with E-state index in [1.54, 1.807) is 0 Å². The Kier molecular flexibility index (Phi) is 5.21. The molecule has 0 saturated heterocycles. The quantitative estimate of drug-likeness (QED) is 0.781. The number of rotatable bonds is 5. The number of thiophene rings is 1. The third-order valence-corrected chi connectivity index (χ3v) is 6.87. The van der Waals surface area contributed by atoms with Crippen molar-refractivity contribution in [1.29, 1.82) is 0 Å². The maximum Gasteiger partial charge on any atom is 0.276 e. The smallest absolute Gasteiger partial charge is 0.273 e. The first kappa shape index (κ1) is 18.0. The predicted molar refractivity (Wildman–Crippen MR) is 94.3 cm³/mol. The molecule has 0 spiro atoms. The fraction of sp³-hybridized carbons (Fsp3) is 0.353. The van der Waals surface area contributed by atoms with E-state index in [1.165, 1.54) is 33.9 Å². The van der Waals surface area contributed by atoms with Gasteiger partial charge in [-0.3, -0.25) is 10.2 Å². The lowest BCUT2D eigenvalue weighted by Gasteiger charge is -2.19. The van der Waals surface area contributed by atoms with Crippen LogP contribution in [0.3, 0.4) is 0 Å². The monoisotopic (exact) mass is 382 g/mol. The highest BCUT2D eigenvalue weighted by molar-refractivity contribution is 7.89. The molecule has 1 aromatic heterocycles. The van der Waals surface area contributed by atoms with Crippen molar-refractivity contribution in [2.45, 2.75) is 37.5 Å². The second-order valence-electron chi connectivity index (χ2n) is 6.09. The normalized spacial score (nSPS) is 17.1. The molecule has 0 bridgehead atoms. The van der Waals surface area contributed by atoms with Crippen LogP contribution in [0.25, 0.3) is 0 Å². The van der Waals surface area contributed by atoms with E-state index in [9.17, 15) is 17.6 Å². The third kappa shape index (κ3) is 4.08. The maximum atomic E-state index is 13.2. The lowest BCUT2D eigenvalue weighted by Crippen LogP contribution is -2.41. The zero-order valence-electron chi connectivity index (χ0n) is 13.7. The molecule has 1 atom stereocenters. The molecule has 0 radical (unpaired) electrons. The second-order valence-corrected chi connectivity index (χ2v) is 8.91. The number of benzene rings is 1. The summed E-state index contributed by atoms with van der Waals surface area (Å²) in [6, 6.07) is 6.43. The number of carbonyl (C=O) groups is 1. The molecule has 1 aromatic carbocycles. The molecule has 0 saturated carbocycles. The molecule has 1 amide bonds. The van der Waals surface area contributed by atoms with Crippen molar-refractivity contribution >= 4 is 27.3 Å². The van der Waals surface area contributed by atoms with Gasteiger partial charge in [0.25, 0.3) is 15.9 Å². The van der Waals surface area contributed by atoms with E-state index in [2.05, 4.69) is 12.3 Å². The van der Waals surface area contributed by atoms with Gasteiger partial charge in [0.15, 0.2) is 0 Å². The Labute approximate surface area is 150 Å². The predicted octanol–water partition coefficient (Wildman–Crippen LogP) is 3.03. The summed E-state index contributed by atoms with van der Waals surface area (Å²) in [4.78, 5) is 15.7. The number of halogens is 1. The fourth-order valence-corrected chi connectivity index (χ4v) is 4.90. The summed E-state index contributed by atoms with van der Waals surface area (Å²) in [7, 11) is -4.02. The molecule has 1 aliphatic rings. The van der Waals surface area contributed by atoms with Gasteiger partial charge in [-0.25, -0.2) is 12.8 Å². The SMILES string of the molecule is CC[C@H]1CCc2sc(C(=O)NNS(=O)(=O)c3cccc(F)c3)cc2C1. The molecule has 134 valence electrons. The molecular formula is C17H19FN2O3S2. The summed E-state index contributed by atoms with van der Waals surface area (Å²) < 4.78 is 37.4. The van der Waals surface area contributed by atoms with E-state index < -0.39 is 21.7 Å². The summed E-state index contributed by atoms with van der Waals surface area (Å²) >= 11 is 1.40. The highest BCUT2D eigenvalue weighted by atomic mass is 32.2. The number of amides is 1. The van der Waals surface area contributed by atoms with E-state index in [4.69, 9.17) is 0 Å². The van der Waals surface area contributed by atoms with E-state index in [0.717, 1.165) is 37.8 Å². The largest absolute Gasteiger partial charge is 0.276 e. The molecule has 0 fully saturated rings. The average Bonchev–Trinajstić information content (AvgIpc) is 3.03. The molecular weight excluding hydrogens is 363 g/mol. The topological polar surface area (TPSA) is 75.3 Å². The molecule has 5 nitrogen and oxygen atoms in total. The molecule has 25 heavy (non-hydrogen) atoms. The lowest BCUT2D eigenvalue weighted by atomic mass is 9.87. The van der Waals surface area contributed by atoms with Gasteiger partial charge in [-0.1, -0.05) is 19.4 Å². The van der Waals surface area contributed by atoms with E-state index in [0.29, 0.717) is 10.8 Å². The van der Waals surface area contributed by atoms with Gasteiger partial charge in [0.1, 0.15) is 5.82 Å². The number of sulfonamides is 1. The highest BCUT2D eigenvalue weighted by Gasteiger charge is 2.23. The van der Waals surface area contributed by atoms with Gasteiger partial charge >= 0.3 is 0 Å². The zero-order valence-corrected chi connectivity index (χ0v) is 15.3. The molecule has 0 unspecified atom stereocenters. The van der Waals surface area contributed by atoms with Crippen molar-refractivity contribution in [2.24, 2.45) is 5.92 Å². The summed E-state index contributed by atoms with van der Waals surface area (Å²) in [5, 5.41) is 0. The van der Waals surface area contributed by atoms with Crippen LogP contribution in [0.4, 0.5) is 4.39 Å². The lowest BCUT2D eigenvalue weighted by molar-refractivity contribution is 0.0949. The number of nitrogens with one attached hydrogen (secondary N) is 2. The van der Waals surface area contributed by atoms with Crippen LogP contribution in [0.5, 0.6) is 0 Å². The van der Waals surface area contributed by atoms with Crippen LogP contribution in [0.15, 0.2) is 35.2 Å². The average molecular weight is 382 g/mol. The van der Waals surface area contributed by atoms with Gasteiger partial charge in [-0.2, -0.15) is 0 Å². The zero-order chi connectivity index (χ0) is 18.0. The van der Waals surface area contributed by atoms with Crippen LogP contribution in [0.2, 0.25) is 0 Å². The van der Waals surface area contributed by atoms with Crippen molar-refractivity contribution in [2.75, 3.05) is 0 Å². The molecule has 3 rings (SSSR count). The van der Waals surface area contributed by atoms with Gasteiger partial charge in [0, 0.05) is 4.88 Å². The van der Waals surface area contributed by atoms with Crippen LogP contribution in [0, 0.1) is 11.7 Å². The first-order valence-corrected chi connectivity index (χ1v) is 10.4. The summed E-state index contributed by atoms with van der Waals surface area (Å²) in [6.45, 7) is 2.16. The molecule has 2 aromatic rings. The van der Waals surface area contributed by atoms with Gasteiger partial charge in [0.05, 0.1) is 9.77 Å². The minimum absolute atomic E-state index is 0.246. The van der Waals surface area contributed by atoms with Gasteiger partial charge in [-0.05, 0) is 55.0 Å². The van der Waals surface area contributed by atoms with Crippen molar-refractivity contribution in [1.82, 2.24) is 10.3 Å². The Balaban J connectivity index is 1.68. The number of fused-ring (bicyclic) bond motifs is 1. The molecule has 2 N–H and O–H groups in total. The van der Waals surface area contributed by atoms with Crippen molar-refractivity contribution in [3.63, 3.8) is 0 Å².